The molecule has 3 aliphatic heterocycles. The molecular weight excluding hydrogens is 451 g/mol. The maximum atomic E-state index is 13.5. The van der Waals surface area contributed by atoms with Crippen LogP contribution in [0.15, 0.2) is 0 Å². The molecule has 0 aromatic rings. The van der Waals surface area contributed by atoms with E-state index in [1.165, 1.54) is 4.31 Å². The van der Waals surface area contributed by atoms with Gasteiger partial charge in [-0.25, -0.2) is 8.42 Å². The lowest BCUT2D eigenvalue weighted by Gasteiger charge is -2.40. The molecule has 0 spiro atoms. The van der Waals surface area contributed by atoms with E-state index in [1.807, 2.05) is 0 Å². The Morgan fingerprint density at radius 2 is 2.00 bits per heavy atom. The standard InChI is InChI=1S/C16H31BN4O8S2/c18-16(15(22)23)11-20(9-12(16)3-1-5-17(24)25)31(28,29)21(13-7-19-8-13)10-14-4-2-6-30(14,26)27/h12-14,19,24-25H,1-11,18H2,(H,22,23)/t12-,14?,16-/m0/s1. The first-order valence-corrected chi connectivity index (χ1v) is 13.6. The van der Waals surface area contributed by atoms with Crippen LogP contribution in [-0.4, -0.2) is 109 Å². The first-order chi connectivity index (χ1) is 14.4. The quantitative estimate of drug-likeness (QED) is 0.201. The minimum atomic E-state index is -4.16. The van der Waals surface area contributed by atoms with E-state index in [2.05, 4.69) is 5.32 Å². The van der Waals surface area contributed by atoms with Crippen molar-refractivity contribution in [1.29, 1.82) is 0 Å². The van der Waals surface area contributed by atoms with E-state index in [9.17, 15) is 26.7 Å². The minimum Gasteiger partial charge on any atom is -0.480 e. The molecular formula is C16H31BN4O8S2. The van der Waals surface area contributed by atoms with Crippen LogP contribution in [0.5, 0.6) is 0 Å². The van der Waals surface area contributed by atoms with Crippen molar-refractivity contribution in [2.24, 2.45) is 11.7 Å². The number of aliphatic carboxylic acids is 1. The van der Waals surface area contributed by atoms with Gasteiger partial charge in [-0.05, 0) is 25.6 Å². The molecule has 3 fully saturated rings. The lowest BCUT2D eigenvalue weighted by molar-refractivity contribution is -0.144. The Balaban J connectivity index is 1.81. The molecule has 0 aliphatic carbocycles. The van der Waals surface area contributed by atoms with Gasteiger partial charge in [0, 0.05) is 38.6 Å². The van der Waals surface area contributed by atoms with E-state index < -0.39 is 62.4 Å². The average molecular weight is 482 g/mol. The van der Waals surface area contributed by atoms with Gasteiger partial charge in [0.15, 0.2) is 9.84 Å². The summed E-state index contributed by atoms with van der Waals surface area (Å²) in [4.78, 5) is 11.9. The highest BCUT2D eigenvalue weighted by Gasteiger charge is 2.54. The van der Waals surface area contributed by atoms with Crippen molar-refractivity contribution in [2.75, 3.05) is 38.5 Å². The van der Waals surface area contributed by atoms with Gasteiger partial charge >= 0.3 is 13.1 Å². The number of nitrogens with two attached hydrogens (primary N) is 1. The van der Waals surface area contributed by atoms with Gasteiger partial charge in [-0.15, -0.1) is 0 Å². The van der Waals surface area contributed by atoms with Gasteiger partial charge in [-0.2, -0.15) is 17.0 Å². The predicted molar refractivity (Wildman–Crippen MR) is 113 cm³/mol. The number of nitrogens with one attached hydrogen (secondary N) is 1. The van der Waals surface area contributed by atoms with Gasteiger partial charge in [-0.3, -0.25) is 4.79 Å². The van der Waals surface area contributed by atoms with Crippen LogP contribution in [0.1, 0.15) is 25.7 Å². The number of rotatable bonds is 10. The molecule has 3 saturated heterocycles. The van der Waals surface area contributed by atoms with Crippen molar-refractivity contribution in [2.45, 2.75) is 48.8 Å². The van der Waals surface area contributed by atoms with Crippen molar-refractivity contribution in [3.05, 3.63) is 0 Å². The smallest absolute Gasteiger partial charge is 0.451 e. The van der Waals surface area contributed by atoms with Gasteiger partial charge in [0.2, 0.25) is 0 Å². The van der Waals surface area contributed by atoms with E-state index >= 15 is 0 Å². The summed E-state index contributed by atoms with van der Waals surface area (Å²) in [6.45, 7) is 0.0834. The second-order valence-corrected chi connectivity index (χ2v) is 13.0. The predicted octanol–water partition coefficient (Wildman–Crippen LogP) is -2.95. The first-order valence-electron chi connectivity index (χ1n) is 10.5. The molecule has 3 rings (SSSR count). The summed E-state index contributed by atoms with van der Waals surface area (Å²) < 4.78 is 53.9. The van der Waals surface area contributed by atoms with Gasteiger partial charge in [0.05, 0.1) is 17.0 Å². The highest BCUT2D eigenvalue weighted by Crippen LogP contribution is 2.34. The molecule has 0 aromatic heterocycles. The third kappa shape index (κ3) is 5.08. The zero-order chi connectivity index (χ0) is 23.0. The maximum Gasteiger partial charge on any atom is 0.451 e. The van der Waals surface area contributed by atoms with E-state index in [0.29, 0.717) is 25.9 Å². The van der Waals surface area contributed by atoms with Crippen LogP contribution in [-0.2, 0) is 24.8 Å². The SMILES string of the molecule is N[C@@]1(C(=O)O)CN(S(=O)(=O)N(CC2CCCS2(=O)=O)C2CNC2)C[C@@H]1CCCB(O)O. The number of nitrogens with zero attached hydrogens (tertiary/aromatic N) is 2. The van der Waals surface area contributed by atoms with E-state index in [-0.39, 0.29) is 38.0 Å². The molecule has 3 heterocycles. The molecule has 0 aromatic carbocycles. The molecule has 3 aliphatic rings. The summed E-state index contributed by atoms with van der Waals surface area (Å²) in [5.41, 5.74) is 4.31. The van der Waals surface area contributed by atoms with Crippen LogP contribution in [0.2, 0.25) is 6.32 Å². The molecule has 12 nitrogen and oxygen atoms in total. The van der Waals surface area contributed by atoms with Crippen LogP contribution >= 0.6 is 0 Å². The lowest BCUT2D eigenvalue weighted by atomic mass is 9.78. The summed E-state index contributed by atoms with van der Waals surface area (Å²) >= 11 is 0. The van der Waals surface area contributed by atoms with Crippen LogP contribution in [0.25, 0.3) is 0 Å². The summed E-state index contributed by atoms with van der Waals surface area (Å²) in [7, 11) is -9.05. The van der Waals surface area contributed by atoms with E-state index in [4.69, 9.17) is 15.8 Å². The fourth-order valence-electron chi connectivity index (χ4n) is 4.53. The summed E-state index contributed by atoms with van der Waals surface area (Å²) in [6, 6.07) is -0.401. The number of hydrogen-bond acceptors (Lipinski definition) is 9. The third-order valence-corrected chi connectivity index (χ3v) is 10.9. The minimum absolute atomic E-state index is 0.0261. The second kappa shape index (κ2) is 9.21. The molecule has 0 amide bonds. The maximum absolute atomic E-state index is 13.5. The Labute approximate surface area is 183 Å². The Bertz CT molecular complexity index is 882. The fraction of sp³-hybridized carbons (Fsp3) is 0.938. The van der Waals surface area contributed by atoms with Crippen LogP contribution in [0.3, 0.4) is 0 Å². The zero-order valence-electron chi connectivity index (χ0n) is 17.3. The topological polar surface area (TPSA) is 191 Å². The zero-order valence-corrected chi connectivity index (χ0v) is 18.9. The largest absolute Gasteiger partial charge is 0.480 e. The average Bonchev–Trinajstić information content (AvgIpc) is 3.13. The highest BCUT2D eigenvalue weighted by atomic mass is 32.2. The van der Waals surface area contributed by atoms with Gasteiger partial charge in [-0.1, -0.05) is 6.42 Å². The lowest BCUT2D eigenvalue weighted by Crippen LogP contribution is -2.63. The Morgan fingerprint density at radius 3 is 2.48 bits per heavy atom. The second-order valence-electron chi connectivity index (χ2n) is 8.77. The molecule has 178 valence electrons. The number of carboxylic acid groups (broad SMARTS) is 1. The molecule has 3 atom stereocenters. The molecule has 1 unspecified atom stereocenters. The van der Waals surface area contributed by atoms with Gasteiger partial charge in [0.1, 0.15) is 5.54 Å². The van der Waals surface area contributed by atoms with E-state index in [0.717, 1.165) is 4.31 Å². The number of carbonyl (C=O) groups is 1. The van der Waals surface area contributed by atoms with Crippen molar-refractivity contribution in [1.82, 2.24) is 13.9 Å². The molecule has 0 saturated carbocycles. The highest BCUT2D eigenvalue weighted by molar-refractivity contribution is 7.92. The van der Waals surface area contributed by atoms with Crippen LogP contribution in [0.4, 0.5) is 0 Å². The van der Waals surface area contributed by atoms with Crippen LogP contribution < -0.4 is 11.1 Å². The molecule has 15 heteroatoms. The van der Waals surface area contributed by atoms with Crippen molar-refractivity contribution in [3.8, 4) is 0 Å². The molecule has 6 N–H and O–H groups in total. The monoisotopic (exact) mass is 482 g/mol. The number of carboxylic acids is 1. The fourth-order valence-corrected chi connectivity index (χ4v) is 8.37. The van der Waals surface area contributed by atoms with Crippen molar-refractivity contribution >= 4 is 33.1 Å². The number of sulfone groups is 1. The normalized spacial score (nSPS) is 31.7. The third-order valence-electron chi connectivity index (χ3n) is 6.64. The molecule has 0 bridgehead atoms. The number of hydrogen-bond donors (Lipinski definition) is 5. The van der Waals surface area contributed by atoms with Gasteiger partial charge in [0.25, 0.3) is 10.2 Å². The Hall–Kier alpha value is -0.805. The summed E-state index contributed by atoms with van der Waals surface area (Å²) in [5, 5.41) is 30.0. The molecule has 31 heavy (non-hydrogen) atoms. The first kappa shape index (κ1) is 24.8. The summed E-state index contributed by atoms with van der Waals surface area (Å²) in [6.07, 6.45) is 1.42. The van der Waals surface area contributed by atoms with Crippen LogP contribution in [0, 0.1) is 5.92 Å². The van der Waals surface area contributed by atoms with Gasteiger partial charge < -0.3 is 26.2 Å². The Morgan fingerprint density at radius 1 is 1.32 bits per heavy atom. The van der Waals surface area contributed by atoms with Crippen molar-refractivity contribution in [3.63, 3.8) is 0 Å². The Kier molecular flexibility index (Phi) is 7.38. The summed E-state index contributed by atoms with van der Waals surface area (Å²) in [5.74, 6) is -1.99. The van der Waals surface area contributed by atoms with E-state index in [1.54, 1.807) is 0 Å². The van der Waals surface area contributed by atoms with Crippen molar-refractivity contribution < 1.29 is 36.8 Å². The molecule has 0 radical (unpaired) electrons.